The number of hydrogen-bond acceptors (Lipinski definition) is 7. The van der Waals surface area contributed by atoms with Gasteiger partial charge in [-0.3, -0.25) is 19.1 Å². The summed E-state index contributed by atoms with van der Waals surface area (Å²) < 4.78 is 20.3. The Balaban J connectivity index is 1.30. The third-order valence-electron chi connectivity index (χ3n) is 10.0. The molecule has 0 aliphatic carbocycles. The molecule has 10 nitrogen and oxygen atoms in total. The van der Waals surface area contributed by atoms with Crippen molar-refractivity contribution in [2.45, 2.75) is 64.6 Å². The van der Waals surface area contributed by atoms with Gasteiger partial charge < -0.3 is 5.11 Å². The Morgan fingerprint density at radius 2 is 1.96 bits per heavy atom. The van der Waals surface area contributed by atoms with Crippen molar-refractivity contribution in [2.24, 2.45) is 7.05 Å². The van der Waals surface area contributed by atoms with Gasteiger partial charge >= 0.3 is 5.56 Å². The van der Waals surface area contributed by atoms with E-state index < -0.39 is 18.0 Å². The molecule has 0 bridgehead atoms. The quantitative estimate of drug-likeness (QED) is 0.258. The molecule has 1 aromatic carbocycles. The van der Waals surface area contributed by atoms with Crippen LogP contribution < -0.4 is 16.4 Å². The van der Waals surface area contributed by atoms with Crippen LogP contribution >= 0.6 is 0 Å². The molecule has 4 aromatic rings. The van der Waals surface area contributed by atoms with E-state index in [-0.39, 0.29) is 27.7 Å². The molecule has 0 radical (unpaired) electrons. The summed E-state index contributed by atoms with van der Waals surface area (Å²) in [6.07, 6.45) is 6.28. The minimum atomic E-state index is -0.608. The molecule has 2 N–H and O–H groups in total. The minimum Gasteiger partial charge on any atom is -0.392 e. The van der Waals surface area contributed by atoms with Gasteiger partial charge in [-0.05, 0) is 48.0 Å². The van der Waals surface area contributed by atoms with E-state index in [9.17, 15) is 14.7 Å². The molecule has 46 heavy (non-hydrogen) atoms. The number of benzene rings is 1. The van der Waals surface area contributed by atoms with Crippen LogP contribution in [0.2, 0.25) is 0 Å². The average molecular weight is 625 g/mol. The maximum atomic E-state index is 15.4. The summed E-state index contributed by atoms with van der Waals surface area (Å²) in [6, 6.07) is 8.67. The van der Waals surface area contributed by atoms with E-state index in [0.717, 1.165) is 37.5 Å². The molecule has 0 saturated carbocycles. The van der Waals surface area contributed by atoms with Gasteiger partial charge in [0, 0.05) is 67.8 Å². The van der Waals surface area contributed by atoms with Gasteiger partial charge in [0.2, 0.25) is 0 Å². The number of aryl methyl sites for hydroxylation is 1. The largest absolute Gasteiger partial charge is 0.392 e. The van der Waals surface area contributed by atoms with Gasteiger partial charge in [0.05, 0.1) is 17.7 Å². The number of rotatable bonds is 5. The number of aliphatic hydroxyl groups is 1. The summed E-state index contributed by atoms with van der Waals surface area (Å²) in [5, 5.41) is 18.9. The molecule has 2 fully saturated rings. The Kier molecular flexibility index (Phi) is 6.91. The lowest BCUT2D eigenvalue weighted by Crippen LogP contribution is -2.28. The van der Waals surface area contributed by atoms with Gasteiger partial charge in [-0.2, -0.15) is 5.10 Å². The molecule has 6 heterocycles. The lowest BCUT2D eigenvalue weighted by atomic mass is 9.86. The SMILES string of the molecule is CCN1CCC2[N+]3=C(Nc4cc(-c5ccnc(-n6ccc7cc(C(C)(C)C)cc(F)c7c6=O)c5CO)nn(C)c4=O)C=C(C1)C23C. The molecule has 3 aliphatic rings. The van der Waals surface area contributed by atoms with E-state index in [1.165, 1.54) is 27.1 Å². The third kappa shape index (κ3) is 4.55. The van der Waals surface area contributed by atoms with Crippen molar-refractivity contribution in [3.8, 4) is 17.1 Å². The summed E-state index contributed by atoms with van der Waals surface area (Å²) in [5.41, 5.74) is 2.53. The number of nitrogens with one attached hydrogen (secondary N) is 1. The number of likely N-dealkylation sites (N-methyl/N-ethyl adjacent to an activating group) is 1. The van der Waals surface area contributed by atoms with Crippen LogP contribution in [0.1, 0.15) is 52.2 Å². The smallest absolute Gasteiger partial charge is 0.313 e. The summed E-state index contributed by atoms with van der Waals surface area (Å²) >= 11 is 0. The van der Waals surface area contributed by atoms with E-state index >= 15 is 4.39 Å². The molecule has 2 unspecified atom stereocenters. The number of halogens is 1. The highest BCUT2D eigenvalue weighted by Crippen LogP contribution is 2.49. The molecule has 2 saturated heterocycles. The number of hydrogen-bond donors (Lipinski definition) is 2. The van der Waals surface area contributed by atoms with Gasteiger partial charge in [0.15, 0.2) is 11.2 Å². The number of aromatic nitrogens is 4. The summed E-state index contributed by atoms with van der Waals surface area (Å²) in [6.45, 7) is 12.9. The van der Waals surface area contributed by atoms with Crippen molar-refractivity contribution in [3.05, 3.63) is 92.0 Å². The Labute approximate surface area is 266 Å². The van der Waals surface area contributed by atoms with Gasteiger partial charge in [0.25, 0.3) is 11.4 Å². The second-order valence-electron chi connectivity index (χ2n) is 13.7. The Hall–Kier alpha value is -4.48. The van der Waals surface area contributed by atoms with Crippen molar-refractivity contribution in [1.29, 1.82) is 0 Å². The minimum absolute atomic E-state index is 0.0295. The predicted octanol–water partition coefficient (Wildman–Crippen LogP) is 3.70. The number of aliphatic hydroxyl groups excluding tert-OH is 1. The summed E-state index contributed by atoms with van der Waals surface area (Å²) in [7, 11) is 1.58. The second-order valence-corrected chi connectivity index (χ2v) is 13.7. The number of anilines is 1. The molecular weight excluding hydrogens is 585 g/mol. The van der Waals surface area contributed by atoms with Gasteiger partial charge in [-0.15, -0.1) is 0 Å². The zero-order valence-electron chi connectivity index (χ0n) is 27.1. The third-order valence-corrected chi connectivity index (χ3v) is 10.0. The van der Waals surface area contributed by atoms with Crippen LogP contribution in [0.3, 0.4) is 0 Å². The first-order valence-corrected chi connectivity index (χ1v) is 15.8. The van der Waals surface area contributed by atoms with E-state index in [1.54, 1.807) is 31.4 Å². The molecule has 11 heteroatoms. The second kappa shape index (κ2) is 10.5. The highest BCUT2D eigenvalue weighted by molar-refractivity contribution is 6.03. The first kappa shape index (κ1) is 30.2. The van der Waals surface area contributed by atoms with Crippen LogP contribution in [0.5, 0.6) is 0 Å². The number of amidine groups is 1. The fraction of sp³-hybridized carbons (Fsp3) is 0.400. The van der Waals surface area contributed by atoms with Crippen LogP contribution in [0.15, 0.2) is 64.0 Å². The molecule has 0 amide bonds. The normalized spacial score (nSPS) is 21.0. The number of fused-ring (bicyclic) bond motifs is 2. The van der Waals surface area contributed by atoms with E-state index in [4.69, 9.17) is 0 Å². The van der Waals surface area contributed by atoms with Crippen molar-refractivity contribution in [3.63, 3.8) is 0 Å². The standard InChI is InChI=1S/C35H38FN7O3/c1-7-41-12-10-28-35(5)22(18-41)16-29(43(28)35)38-27-17-26(39-40(6)32(27)45)23-8-11-37-31(24(23)19-44)42-13-9-20-14-21(34(2,3)4)15-25(36)30(20)33(42)46/h8-9,11,13-17,28,44H,7,10,12,18-19H2,1-6H3/p+1. The first-order valence-electron chi connectivity index (χ1n) is 15.8. The molecule has 0 spiro atoms. The van der Waals surface area contributed by atoms with Gasteiger partial charge in [-0.1, -0.05) is 33.8 Å². The van der Waals surface area contributed by atoms with Crippen molar-refractivity contribution in [1.82, 2.24) is 24.2 Å². The first-order chi connectivity index (χ1) is 21.9. The maximum absolute atomic E-state index is 15.4. The van der Waals surface area contributed by atoms with Crippen LogP contribution in [0, 0.1) is 5.82 Å². The Morgan fingerprint density at radius 3 is 2.67 bits per heavy atom. The maximum Gasteiger partial charge on any atom is 0.313 e. The Bertz CT molecular complexity index is 2120. The molecule has 3 aliphatic heterocycles. The molecule has 7 rings (SSSR count). The van der Waals surface area contributed by atoms with E-state index in [1.807, 2.05) is 26.8 Å². The monoisotopic (exact) mass is 624 g/mol. The summed E-state index contributed by atoms with van der Waals surface area (Å²) in [4.78, 5) is 33.9. The molecule has 2 atom stereocenters. The lowest BCUT2D eigenvalue weighted by molar-refractivity contribution is -0.396. The van der Waals surface area contributed by atoms with E-state index in [2.05, 4.69) is 44.8 Å². The topological polar surface area (TPSA) is 108 Å². The molecule has 3 aromatic heterocycles. The zero-order valence-corrected chi connectivity index (χ0v) is 27.1. The lowest BCUT2D eigenvalue weighted by Gasteiger charge is -2.20. The van der Waals surface area contributed by atoms with Crippen molar-refractivity contribution >= 4 is 22.3 Å². The van der Waals surface area contributed by atoms with Gasteiger partial charge in [-0.25, -0.2) is 23.9 Å². The number of pyridine rings is 2. The Morgan fingerprint density at radius 1 is 1.17 bits per heavy atom. The van der Waals surface area contributed by atoms with Crippen LogP contribution in [0.25, 0.3) is 27.8 Å². The van der Waals surface area contributed by atoms with Crippen molar-refractivity contribution < 1.29 is 14.1 Å². The molecule has 238 valence electrons. The highest BCUT2D eigenvalue weighted by Gasteiger charge is 2.68. The number of likely N-dealkylation sites (tertiary alicyclic amines) is 1. The average Bonchev–Trinajstić information content (AvgIpc) is 3.54. The van der Waals surface area contributed by atoms with Crippen LogP contribution in [-0.4, -0.2) is 71.0 Å². The summed E-state index contributed by atoms with van der Waals surface area (Å²) in [5.74, 6) is 0.450. The highest BCUT2D eigenvalue weighted by atomic mass is 19.1. The van der Waals surface area contributed by atoms with Crippen LogP contribution in [0.4, 0.5) is 10.1 Å². The van der Waals surface area contributed by atoms with E-state index in [0.29, 0.717) is 33.9 Å². The molecular formula is C35H39FN7O3+. The fourth-order valence-corrected chi connectivity index (χ4v) is 7.21. The van der Waals surface area contributed by atoms with Crippen LogP contribution in [-0.2, 0) is 19.1 Å². The fourth-order valence-electron chi connectivity index (χ4n) is 7.21. The predicted molar refractivity (Wildman–Crippen MR) is 176 cm³/mol. The zero-order chi connectivity index (χ0) is 32.7. The number of nitrogens with zero attached hydrogens (tertiary/aromatic N) is 6. The van der Waals surface area contributed by atoms with Crippen molar-refractivity contribution in [2.75, 3.05) is 25.0 Å². The van der Waals surface area contributed by atoms with Gasteiger partial charge in [0.1, 0.15) is 17.7 Å².